The highest BCUT2D eigenvalue weighted by molar-refractivity contribution is 5.98. The number of Topliss-reactive ketones (excluding diaryl/α,β-unsaturated/α-hetero) is 1. The number of primary amides is 1. The lowest BCUT2D eigenvalue weighted by atomic mass is 10.1. The Labute approximate surface area is 98.7 Å². The maximum absolute atomic E-state index is 11.3. The topological polar surface area (TPSA) is 116 Å². The van der Waals surface area contributed by atoms with Crippen molar-refractivity contribution in [3.63, 3.8) is 0 Å². The maximum Gasteiger partial charge on any atom is 0.328 e. The summed E-state index contributed by atoms with van der Waals surface area (Å²) in [6, 6.07) is -0.959. The molecular formula is C10H16N2O5. The van der Waals surface area contributed by atoms with Gasteiger partial charge in [-0.1, -0.05) is 0 Å². The van der Waals surface area contributed by atoms with Crippen LogP contribution in [-0.4, -0.2) is 36.7 Å². The largest absolute Gasteiger partial charge is 0.467 e. The number of hydrogen-bond acceptors (Lipinski definition) is 5. The van der Waals surface area contributed by atoms with Gasteiger partial charge in [-0.25, -0.2) is 4.79 Å². The van der Waals surface area contributed by atoms with Crippen LogP contribution in [0, 0.1) is 0 Å². The molecule has 0 saturated heterocycles. The van der Waals surface area contributed by atoms with Gasteiger partial charge < -0.3 is 15.8 Å². The van der Waals surface area contributed by atoms with E-state index < -0.39 is 23.8 Å². The van der Waals surface area contributed by atoms with Crippen LogP contribution in [0.1, 0.15) is 26.2 Å². The van der Waals surface area contributed by atoms with Gasteiger partial charge in [-0.05, 0) is 13.3 Å². The molecular weight excluding hydrogens is 228 g/mol. The fourth-order valence-electron chi connectivity index (χ4n) is 1.15. The number of rotatable bonds is 7. The van der Waals surface area contributed by atoms with E-state index in [1.807, 2.05) is 0 Å². The van der Waals surface area contributed by atoms with Crippen molar-refractivity contribution in [2.45, 2.75) is 32.2 Å². The van der Waals surface area contributed by atoms with Crippen molar-refractivity contribution >= 4 is 23.6 Å². The molecule has 96 valence electrons. The minimum Gasteiger partial charge on any atom is -0.467 e. The van der Waals surface area contributed by atoms with E-state index in [0.29, 0.717) is 0 Å². The Balaban J connectivity index is 4.37. The Morgan fingerprint density at radius 1 is 1.29 bits per heavy atom. The smallest absolute Gasteiger partial charge is 0.328 e. The third-order valence-electron chi connectivity index (χ3n) is 1.91. The second-order valence-electron chi connectivity index (χ2n) is 3.53. The van der Waals surface area contributed by atoms with Crippen molar-refractivity contribution in [3.05, 3.63) is 0 Å². The van der Waals surface area contributed by atoms with Crippen LogP contribution >= 0.6 is 0 Å². The second kappa shape index (κ2) is 7.37. The number of ether oxygens (including phenoxy) is 1. The number of hydrogen-bond donors (Lipinski definition) is 2. The van der Waals surface area contributed by atoms with E-state index in [-0.39, 0.29) is 25.0 Å². The normalized spacial score (nSPS) is 11.4. The van der Waals surface area contributed by atoms with Gasteiger partial charge in [0.15, 0.2) is 0 Å². The summed E-state index contributed by atoms with van der Waals surface area (Å²) in [7, 11) is 1.16. The minimum atomic E-state index is -0.959. The number of ketones is 1. The Morgan fingerprint density at radius 2 is 1.88 bits per heavy atom. The third-order valence-corrected chi connectivity index (χ3v) is 1.91. The number of amides is 2. The number of carbonyl (C=O) groups excluding carboxylic acids is 4. The third kappa shape index (κ3) is 7.04. The Bertz CT molecular complexity index is 327. The number of nitrogens with two attached hydrogens (primary N) is 1. The molecule has 0 aromatic heterocycles. The van der Waals surface area contributed by atoms with E-state index in [1.54, 1.807) is 0 Å². The lowest BCUT2D eigenvalue weighted by Crippen LogP contribution is -2.42. The molecule has 0 aliphatic heterocycles. The zero-order chi connectivity index (χ0) is 13.4. The van der Waals surface area contributed by atoms with Gasteiger partial charge in [-0.15, -0.1) is 0 Å². The summed E-state index contributed by atoms with van der Waals surface area (Å²) in [5.74, 6) is -2.17. The van der Waals surface area contributed by atoms with Crippen molar-refractivity contribution in [2.24, 2.45) is 5.73 Å². The first-order valence-electron chi connectivity index (χ1n) is 5.01. The van der Waals surface area contributed by atoms with Gasteiger partial charge in [0.25, 0.3) is 0 Å². The van der Waals surface area contributed by atoms with Crippen LogP contribution in [0.3, 0.4) is 0 Å². The van der Waals surface area contributed by atoms with Crippen molar-refractivity contribution < 1.29 is 23.9 Å². The van der Waals surface area contributed by atoms with Gasteiger partial charge in [0.05, 0.1) is 13.5 Å². The van der Waals surface area contributed by atoms with E-state index in [1.165, 1.54) is 6.92 Å². The molecule has 0 radical (unpaired) electrons. The Morgan fingerprint density at radius 3 is 2.29 bits per heavy atom. The zero-order valence-corrected chi connectivity index (χ0v) is 9.82. The highest BCUT2D eigenvalue weighted by Gasteiger charge is 2.22. The number of esters is 1. The molecule has 0 saturated carbocycles. The molecule has 1 atom stereocenters. The zero-order valence-electron chi connectivity index (χ0n) is 9.82. The van der Waals surface area contributed by atoms with Gasteiger partial charge in [-0.2, -0.15) is 0 Å². The molecule has 1 unspecified atom stereocenters. The van der Waals surface area contributed by atoms with Crippen LogP contribution in [0.2, 0.25) is 0 Å². The standard InChI is InChI=1S/C10H16N2O5/c1-6(13)5-9(15)12-7(10(16)17-2)3-4-8(11)14/h7H,3-5H2,1-2H3,(H2,11,14)(H,12,15). The average molecular weight is 244 g/mol. The highest BCUT2D eigenvalue weighted by atomic mass is 16.5. The van der Waals surface area contributed by atoms with E-state index in [4.69, 9.17) is 5.73 Å². The van der Waals surface area contributed by atoms with E-state index >= 15 is 0 Å². The summed E-state index contributed by atoms with van der Waals surface area (Å²) < 4.78 is 4.46. The van der Waals surface area contributed by atoms with E-state index in [9.17, 15) is 19.2 Å². The Hall–Kier alpha value is -1.92. The molecule has 0 aliphatic carbocycles. The first-order chi connectivity index (χ1) is 7.86. The summed E-state index contributed by atoms with van der Waals surface area (Å²) in [6.07, 6.45) is -0.324. The van der Waals surface area contributed by atoms with Gasteiger partial charge in [0, 0.05) is 6.42 Å². The summed E-state index contributed by atoms with van der Waals surface area (Å²) in [4.78, 5) is 43.8. The highest BCUT2D eigenvalue weighted by Crippen LogP contribution is 2.00. The second-order valence-corrected chi connectivity index (χ2v) is 3.53. The predicted octanol–water partition coefficient (Wildman–Crippen LogP) is -1.11. The molecule has 0 heterocycles. The van der Waals surface area contributed by atoms with Gasteiger partial charge >= 0.3 is 5.97 Å². The molecule has 0 fully saturated rings. The first-order valence-corrected chi connectivity index (χ1v) is 5.01. The predicted molar refractivity (Wildman–Crippen MR) is 57.7 cm³/mol. The molecule has 7 heteroatoms. The number of methoxy groups -OCH3 is 1. The summed E-state index contributed by atoms with van der Waals surface area (Å²) in [5.41, 5.74) is 4.94. The Kier molecular flexibility index (Phi) is 6.54. The maximum atomic E-state index is 11.3. The SMILES string of the molecule is COC(=O)C(CCC(N)=O)NC(=O)CC(C)=O. The molecule has 17 heavy (non-hydrogen) atoms. The average Bonchev–Trinajstić information content (AvgIpc) is 2.21. The van der Waals surface area contributed by atoms with Crippen molar-refractivity contribution in [2.75, 3.05) is 7.11 Å². The summed E-state index contributed by atoms with van der Waals surface area (Å²) >= 11 is 0. The van der Waals surface area contributed by atoms with Crippen LogP contribution in [0.5, 0.6) is 0 Å². The van der Waals surface area contributed by atoms with Crippen molar-refractivity contribution in [1.29, 1.82) is 0 Å². The van der Waals surface area contributed by atoms with Gasteiger partial charge in [0.1, 0.15) is 11.8 Å². The van der Waals surface area contributed by atoms with E-state index in [0.717, 1.165) is 7.11 Å². The lowest BCUT2D eigenvalue weighted by Gasteiger charge is -2.15. The quantitative estimate of drug-likeness (QED) is 0.435. The van der Waals surface area contributed by atoms with E-state index in [2.05, 4.69) is 10.1 Å². The molecule has 0 aromatic carbocycles. The molecule has 7 nitrogen and oxygen atoms in total. The molecule has 0 aliphatic rings. The monoisotopic (exact) mass is 244 g/mol. The van der Waals surface area contributed by atoms with Crippen LogP contribution in [0.15, 0.2) is 0 Å². The molecule has 0 aromatic rings. The van der Waals surface area contributed by atoms with Crippen LogP contribution in [-0.2, 0) is 23.9 Å². The first kappa shape index (κ1) is 15.1. The minimum absolute atomic E-state index is 0.0473. The molecule has 3 N–H and O–H groups in total. The fourth-order valence-corrected chi connectivity index (χ4v) is 1.15. The van der Waals surface area contributed by atoms with Crippen LogP contribution in [0.4, 0.5) is 0 Å². The van der Waals surface area contributed by atoms with Crippen LogP contribution < -0.4 is 11.1 Å². The number of nitrogens with one attached hydrogen (secondary N) is 1. The molecule has 2 amide bonds. The summed E-state index contributed by atoms with van der Waals surface area (Å²) in [6.45, 7) is 1.26. The van der Waals surface area contributed by atoms with Crippen LogP contribution in [0.25, 0.3) is 0 Å². The summed E-state index contributed by atoms with van der Waals surface area (Å²) in [5, 5.41) is 2.31. The molecule has 0 spiro atoms. The van der Waals surface area contributed by atoms with Crippen molar-refractivity contribution in [1.82, 2.24) is 5.32 Å². The van der Waals surface area contributed by atoms with Gasteiger partial charge in [0.2, 0.25) is 11.8 Å². The lowest BCUT2D eigenvalue weighted by molar-refractivity contribution is -0.145. The molecule has 0 bridgehead atoms. The fraction of sp³-hybridized carbons (Fsp3) is 0.600. The van der Waals surface area contributed by atoms with Crippen molar-refractivity contribution in [3.8, 4) is 0 Å². The van der Waals surface area contributed by atoms with Gasteiger partial charge in [-0.3, -0.25) is 14.4 Å². The molecule has 0 rings (SSSR count). The number of carbonyl (C=O) groups is 4.